The van der Waals surface area contributed by atoms with Crippen LogP contribution in [0.5, 0.6) is 0 Å². The highest BCUT2D eigenvalue weighted by atomic mass is 127. The number of nitrogens with one attached hydrogen (secondary N) is 2. The molecule has 0 aromatic carbocycles. The number of hydrogen-bond acceptors (Lipinski definition) is 3. The van der Waals surface area contributed by atoms with E-state index >= 15 is 0 Å². The molecule has 0 radical (unpaired) electrons. The summed E-state index contributed by atoms with van der Waals surface area (Å²) < 4.78 is 5.40. The van der Waals surface area contributed by atoms with Gasteiger partial charge in [-0.25, -0.2) is 0 Å². The van der Waals surface area contributed by atoms with Crippen LogP contribution in [-0.2, 0) is 4.74 Å². The second-order valence-electron chi connectivity index (χ2n) is 7.92. The number of halogens is 1. The molecule has 0 spiro atoms. The Bertz CT molecular complexity index is 378. The third-order valence-electron chi connectivity index (χ3n) is 5.66. The van der Waals surface area contributed by atoms with Gasteiger partial charge in [-0.15, -0.1) is 24.0 Å². The molecule has 0 bridgehead atoms. The van der Waals surface area contributed by atoms with Crippen LogP contribution in [0.1, 0.15) is 59.3 Å². The minimum Gasteiger partial charge on any atom is -0.379 e. The van der Waals surface area contributed by atoms with E-state index in [-0.39, 0.29) is 24.0 Å². The minimum absolute atomic E-state index is 0. The summed E-state index contributed by atoms with van der Waals surface area (Å²) >= 11 is 0. The molecule has 0 unspecified atom stereocenters. The number of rotatable bonds is 8. The predicted octanol–water partition coefficient (Wildman–Crippen LogP) is 3.49. The van der Waals surface area contributed by atoms with Crippen molar-refractivity contribution in [1.29, 1.82) is 0 Å². The number of unbranched alkanes of at least 4 members (excludes halogenated alkanes) is 1. The summed E-state index contributed by atoms with van der Waals surface area (Å²) in [6.45, 7) is 13.9. The van der Waals surface area contributed by atoms with E-state index in [1.54, 1.807) is 0 Å². The van der Waals surface area contributed by atoms with Gasteiger partial charge in [0.25, 0.3) is 0 Å². The second kappa shape index (κ2) is 14.0. The van der Waals surface area contributed by atoms with Crippen molar-refractivity contribution >= 4 is 29.9 Å². The van der Waals surface area contributed by atoms with Gasteiger partial charge in [-0.05, 0) is 63.8 Å². The topological polar surface area (TPSA) is 48.9 Å². The van der Waals surface area contributed by atoms with Crippen LogP contribution in [-0.4, -0.2) is 62.8 Å². The maximum Gasteiger partial charge on any atom is 0.191 e. The lowest BCUT2D eigenvalue weighted by Gasteiger charge is -2.32. The van der Waals surface area contributed by atoms with Gasteiger partial charge in [0.05, 0.1) is 13.2 Å². The molecule has 26 heavy (non-hydrogen) atoms. The first-order valence-corrected chi connectivity index (χ1v) is 10.5. The van der Waals surface area contributed by atoms with Crippen LogP contribution in [0.25, 0.3) is 0 Å². The van der Waals surface area contributed by atoms with Crippen LogP contribution in [0.4, 0.5) is 0 Å². The molecule has 2 aliphatic rings. The van der Waals surface area contributed by atoms with E-state index in [1.807, 2.05) is 0 Å². The molecule has 0 atom stereocenters. The third kappa shape index (κ3) is 9.22. The molecule has 2 N–H and O–H groups in total. The molecule has 0 aromatic heterocycles. The van der Waals surface area contributed by atoms with E-state index in [0.717, 1.165) is 63.6 Å². The molecule has 1 aliphatic carbocycles. The lowest BCUT2D eigenvalue weighted by Crippen LogP contribution is -2.45. The SMILES string of the molecule is CCNC(=NCCCCN1CCOCC1)NC1CCC(C(C)C)CC1.I. The molecular weight excluding hydrogens is 439 g/mol. The zero-order chi connectivity index (χ0) is 17.9. The second-order valence-corrected chi connectivity index (χ2v) is 7.92. The Morgan fingerprint density at radius 1 is 1.12 bits per heavy atom. The summed E-state index contributed by atoms with van der Waals surface area (Å²) in [4.78, 5) is 7.30. The highest BCUT2D eigenvalue weighted by molar-refractivity contribution is 14.0. The lowest BCUT2D eigenvalue weighted by molar-refractivity contribution is 0.0373. The first kappa shape index (κ1) is 24.0. The quantitative estimate of drug-likeness (QED) is 0.242. The predicted molar refractivity (Wildman–Crippen MR) is 122 cm³/mol. The van der Waals surface area contributed by atoms with Gasteiger partial charge in [-0.2, -0.15) is 0 Å². The summed E-state index contributed by atoms with van der Waals surface area (Å²) in [5, 5.41) is 7.08. The molecule has 2 fully saturated rings. The van der Waals surface area contributed by atoms with E-state index in [9.17, 15) is 0 Å². The zero-order valence-electron chi connectivity index (χ0n) is 17.1. The van der Waals surface area contributed by atoms with Gasteiger partial charge in [0.1, 0.15) is 0 Å². The number of aliphatic imine (C=N–C) groups is 1. The Kier molecular flexibility index (Phi) is 12.9. The van der Waals surface area contributed by atoms with Crippen molar-refractivity contribution in [3.05, 3.63) is 0 Å². The van der Waals surface area contributed by atoms with Crippen molar-refractivity contribution < 1.29 is 4.74 Å². The molecule has 1 saturated carbocycles. The third-order valence-corrected chi connectivity index (χ3v) is 5.66. The van der Waals surface area contributed by atoms with Crippen LogP contribution in [0.3, 0.4) is 0 Å². The fourth-order valence-corrected chi connectivity index (χ4v) is 3.91. The molecule has 5 nitrogen and oxygen atoms in total. The summed E-state index contributed by atoms with van der Waals surface area (Å²) in [6, 6.07) is 0.598. The fraction of sp³-hybridized carbons (Fsp3) is 0.950. The molecule has 6 heteroatoms. The van der Waals surface area contributed by atoms with Crippen molar-refractivity contribution in [1.82, 2.24) is 15.5 Å². The Balaban J connectivity index is 0.00000338. The fourth-order valence-electron chi connectivity index (χ4n) is 3.91. The van der Waals surface area contributed by atoms with Gasteiger partial charge in [0.15, 0.2) is 5.96 Å². The van der Waals surface area contributed by atoms with Crippen LogP contribution in [0.15, 0.2) is 4.99 Å². The smallest absolute Gasteiger partial charge is 0.191 e. The van der Waals surface area contributed by atoms with Crippen molar-refractivity contribution in [2.75, 3.05) is 45.9 Å². The normalized spacial score (nSPS) is 25.0. The van der Waals surface area contributed by atoms with E-state index < -0.39 is 0 Å². The first-order valence-electron chi connectivity index (χ1n) is 10.5. The van der Waals surface area contributed by atoms with E-state index in [0.29, 0.717) is 6.04 Å². The summed E-state index contributed by atoms with van der Waals surface area (Å²) in [6.07, 6.45) is 7.66. The Hall–Kier alpha value is -0.0800. The van der Waals surface area contributed by atoms with Gasteiger partial charge in [-0.1, -0.05) is 13.8 Å². The molecule has 0 aromatic rings. The number of hydrogen-bond donors (Lipinski definition) is 2. The molecule has 0 amide bonds. The zero-order valence-corrected chi connectivity index (χ0v) is 19.5. The molecule has 1 heterocycles. The number of nitrogens with zero attached hydrogens (tertiary/aromatic N) is 2. The number of morpholine rings is 1. The van der Waals surface area contributed by atoms with Crippen molar-refractivity contribution in [2.45, 2.75) is 65.3 Å². The van der Waals surface area contributed by atoms with Crippen molar-refractivity contribution in [3.8, 4) is 0 Å². The van der Waals surface area contributed by atoms with E-state index in [1.165, 1.54) is 38.6 Å². The molecule has 1 saturated heterocycles. The van der Waals surface area contributed by atoms with Crippen LogP contribution >= 0.6 is 24.0 Å². The van der Waals surface area contributed by atoms with E-state index in [2.05, 4.69) is 36.3 Å². The summed E-state index contributed by atoms with van der Waals surface area (Å²) in [5.41, 5.74) is 0. The Labute approximate surface area is 178 Å². The molecule has 1 aliphatic heterocycles. The molecular formula is C20H41IN4O. The minimum atomic E-state index is 0. The van der Waals surface area contributed by atoms with Gasteiger partial charge in [0.2, 0.25) is 0 Å². The maximum atomic E-state index is 5.40. The van der Waals surface area contributed by atoms with Gasteiger partial charge < -0.3 is 15.4 Å². The summed E-state index contributed by atoms with van der Waals surface area (Å²) in [7, 11) is 0. The Morgan fingerprint density at radius 3 is 2.42 bits per heavy atom. The van der Waals surface area contributed by atoms with E-state index in [4.69, 9.17) is 9.73 Å². The van der Waals surface area contributed by atoms with Crippen LogP contribution < -0.4 is 10.6 Å². The highest BCUT2D eigenvalue weighted by Crippen LogP contribution is 2.29. The van der Waals surface area contributed by atoms with Crippen LogP contribution in [0, 0.1) is 11.8 Å². The van der Waals surface area contributed by atoms with Crippen LogP contribution in [0.2, 0.25) is 0 Å². The van der Waals surface area contributed by atoms with Crippen molar-refractivity contribution in [2.24, 2.45) is 16.8 Å². The highest BCUT2D eigenvalue weighted by Gasteiger charge is 2.23. The lowest BCUT2D eigenvalue weighted by atomic mass is 9.80. The van der Waals surface area contributed by atoms with Gasteiger partial charge >= 0.3 is 0 Å². The number of ether oxygens (including phenoxy) is 1. The molecule has 154 valence electrons. The average Bonchev–Trinajstić information content (AvgIpc) is 2.63. The van der Waals surface area contributed by atoms with Crippen molar-refractivity contribution in [3.63, 3.8) is 0 Å². The Morgan fingerprint density at radius 2 is 1.81 bits per heavy atom. The monoisotopic (exact) mass is 480 g/mol. The van der Waals surface area contributed by atoms with Gasteiger partial charge in [-0.3, -0.25) is 9.89 Å². The van der Waals surface area contributed by atoms with Gasteiger partial charge in [0, 0.05) is 32.2 Å². The maximum absolute atomic E-state index is 5.40. The molecule has 2 rings (SSSR count). The average molecular weight is 480 g/mol. The number of guanidine groups is 1. The first-order chi connectivity index (χ1) is 12.2. The summed E-state index contributed by atoms with van der Waals surface area (Å²) in [5.74, 6) is 2.76. The standard InChI is InChI=1S/C20H40N4O.HI/c1-4-21-20(23-19-9-7-18(8-10-19)17(2)3)22-11-5-6-12-24-13-15-25-16-14-24;/h17-19H,4-16H2,1-3H3,(H2,21,22,23);1H. The largest absolute Gasteiger partial charge is 0.379 e.